The predicted molar refractivity (Wildman–Crippen MR) is 375 cm³/mol. The number of nitrogens with zero attached hydrogens (tertiary/aromatic N) is 4. The number of hydrogen-bond acceptors (Lipinski definition) is 14. The van der Waals surface area contributed by atoms with Crippen LogP contribution in [0.4, 0.5) is 26.3 Å². The van der Waals surface area contributed by atoms with Crippen LogP contribution in [0.3, 0.4) is 0 Å². The minimum absolute atomic E-state index is 0.0124. The number of carbonyl (C=O) groups is 3. The lowest BCUT2D eigenvalue weighted by atomic mass is 9.96. The molecular weight excluding hydrogens is 1370 g/mol. The average molecular weight is 1430 g/mol. The summed E-state index contributed by atoms with van der Waals surface area (Å²) in [4.78, 5) is 53.5. The number of alkyl halides is 6. The Morgan fingerprint density at radius 2 is 0.773 bits per heavy atom. The van der Waals surface area contributed by atoms with E-state index in [1.54, 1.807) is 105 Å². The molecule has 1 N–H and O–H groups in total. The van der Waals surface area contributed by atoms with Gasteiger partial charge in [0.15, 0.2) is 31.0 Å². The Balaban J connectivity index is 0.000000172. The van der Waals surface area contributed by atoms with Crippen LogP contribution in [-0.4, -0.2) is 79.3 Å². The van der Waals surface area contributed by atoms with Crippen LogP contribution >= 0.6 is 36.0 Å². The highest BCUT2D eigenvalue weighted by atomic mass is 35.5. The maximum absolute atomic E-state index is 12.9. The molecule has 1 atom stereocenters. The Morgan fingerprint density at radius 1 is 0.454 bits per heavy atom. The number of fused-ring (bicyclic) bond motifs is 4. The summed E-state index contributed by atoms with van der Waals surface area (Å²) in [7, 11) is -10.5. The Labute approximate surface area is 573 Å². The van der Waals surface area contributed by atoms with Gasteiger partial charge >= 0.3 is 12.0 Å². The number of aliphatic hydroxyl groups is 1. The normalized spacial score (nSPS) is 12.1. The molecule has 500 valence electrons. The fourth-order valence-corrected chi connectivity index (χ4v) is 12.9. The van der Waals surface area contributed by atoms with Gasteiger partial charge in [-0.15, -0.1) is 12.6 Å². The maximum atomic E-state index is 12.9. The van der Waals surface area contributed by atoms with E-state index in [-0.39, 0.29) is 36.9 Å². The molecule has 0 radical (unpaired) electrons. The maximum Gasteiger partial charge on any atom is 0.421 e. The monoisotopic (exact) mass is 1430 g/mol. The Morgan fingerprint density at radius 3 is 1.15 bits per heavy atom. The molecule has 8 aromatic carbocycles. The van der Waals surface area contributed by atoms with E-state index < -0.39 is 50.9 Å². The van der Waals surface area contributed by atoms with E-state index in [0.717, 1.165) is 72.0 Å². The van der Waals surface area contributed by atoms with Crippen molar-refractivity contribution in [3.63, 3.8) is 0 Å². The molecule has 4 heterocycles. The van der Waals surface area contributed by atoms with Gasteiger partial charge in [0.25, 0.3) is 0 Å². The van der Waals surface area contributed by atoms with Crippen LogP contribution < -0.4 is 0 Å². The second-order valence-electron chi connectivity index (χ2n) is 22.5. The Hall–Kier alpha value is -8.94. The number of carbonyl (C=O) groups excluding carboxylic acids is 3. The van der Waals surface area contributed by atoms with Gasteiger partial charge in [-0.3, -0.25) is 34.3 Å². The Kier molecular flexibility index (Phi) is 25.2. The van der Waals surface area contributed by atoms with Crippen LogP contribution in [0.5, 0.6) is 0 Å². The standard InChI is InChI=1S/C18H14F3NO3S.C17H13NO3S.C17H13NOS.C9H6ClN.C8H8OS.C4H9F3Si/c1-17(23,18(19,20)21)12-6-8-13(9-7-12)26(24,25)16-10-11-22-15-5-3-2-4-14(15)16;1-12(19)13-6-8-14(9-7-13)22(20,21)17-10-11-18-16-5-3-2-4-15(16)17;1-12(19)13-6-8-14(9-7-13)20-17-10-11-18-16-5-3-2-4-15(16)17;10-8-5-6-11-9-4-2-1-3-7(8)9;1-6(9)7-2-4-8(10)5-3-7;1-8(2,3)4(5,6)7/h2-11,23H,1H3;2-11H,1H3;2-11H,1H3;1-6H;2-5,10H,1H3;1-3H3. The molecule has 97 heavy (non-hydrogen) atoms. The van der Waals surface area contributed by atoms with E-state index in [4.69, 9.17) is 11.6 Å². The number of sulfone groups is 2. The van der Waals surface area contributed by atoms with Gasteiger partial charge in [-0.25, -0.2) is 16.8 Å². The van der Waals surface area contributed by atoms with Gasteiger partial charge in [0, 0.05) is 77.7 Å². The second kappa shape index (κ2) is 32.4. The van der Waals surface area contributed by atoms with Crippen molar-refractivity contribution in [1.29, 1.82) is 0 Å². The summed E-state index contributed by atoms with van der Waals surface area (Å²) < 4.78 is 125. The van der Waals surface area contributed by atoms with Gasteiger partial charge in [0.2, 0.25) is 19.7 Å². The first-order valence-corrected chi connectivity index (χ1v) is 37.4. The zero-order chi connectivity index (χ0) is 71.1. The number of pyridine rings is 4. The van der Waals surface area contributed by atoms with E-state index in [1.165, 1.54) is 80.3 Å². The molecule has 12 nitrogen and oxygen atoms in total. The van der Waals surface area contributed by atoms with E-state index in [0.29, 0.717) is 34.3 Å². The number of Topliss-reactive ketones (excluding diaryl/α,β-unsaturated/α-hetero) is 3. The molecule has 0 saturated carbocycles. The van der Waals surface area contributed by atoms with E-state index >= 15 is 0 Å². The molecule has 0 amide bonds. The molecule has 12 rings (SSSR count). The molecule has 0 bridgehead atoms. The average Bonchev–Trinajstić information content (AvgIpc) is 0.780. The highest BCUT2D eigenvalue weighted by Gasteiger charge is 2.51. The van der Waals surface area contributed by atoms with Crippen LogP contribution in [0.1, 0.15) is 64.3 Å². The van der Waals surface area contributed by atoms with Crippen LogP contribution in [0.25, 0.3) is 43.6 Å². The fraction of sp³-hybridized carbons (Fsp3) is 0.137. The molecule has 0 fully saturated rings. The minimum atomic E-state index is -4.88. The van der Waals surface area contributed by atoms with Crippen molar-refractivity contribution >= 4 is 125 Å². The Bertz CT molecular complexity index is 4960. The summed E-state index contributed by atoms with van der Waals surface area (Å²) in [6, 6.07) is 61.2. The van der Waals surface area contributed by atoms with E-state index in [1.807, 2.05) is 85.1 Å². The van der Waals surface area contributed by atoms with Gasteiger partial charge in [-0.05, 0) is 130 Å². The predicted octanol–water partition coefficient (Wildman–Crippen LogP) is 19.2. The largest absolute Gasteiger partial charge is 0.421 e. The van der Waals surface area contributed by atoms with Crippen LogP contribution in [0.15, 0.2) is 277 Å². The van der Waals surface area contributed by atoms with Crippen molar-refractivity contribution in [3.05, 3.63) is 270 Å². The first-order valence-electron chi connectivity index (χ1n) is 29.3. The number of ketones is 3. The summed E-state index contributed by atoms with van der Waals surface area (Å²) in [6.45, 7) is 9.05. The third kappa shape index (κ3) is 19.6. The van der Waals surface area contributed by atoms with Crippen molar-refractivity contribution in [2.75, 3.05) is 0 Å². The van der Waals surface area contributed by atoms with Gasteiger partial charge < -0.3 is 5.11 Å². The van der Waals surface area contributed by atoms with Crippen molar-refractivity contribution in [2.45, 2.75) is 99.2 Å². The smallest absolute Gasteiger partial charge is 0.376 e. The number of hydrogen-bond donors (Lipinski definition) is 2. The molecule has 0 aliphatic carbocycles. The fourth-order valence-electron chi connectivity index (χ4n) is 8.65. The lowest BCUT2D eigenvalue weighted by Crippen LogP contribution is -2.40. The minimum Gasteiger partial charge on any atom is -0.376 e. The first-order chi connectivity index (χ1) is 45.6. The topological polar surface area (TPSA) is 191 Å². The molecule has 0 spiro atoms. The molecule has 24 heteroatoms. The number of para-hydroxylation sites is 4. The second-order valence-corrected chi connectivity index (χ2v) is 33.4. The lowest BCUT2D eigenvalue weighted by Gasteiger charge is -2.26. The van der Waals surface area contributed by atoms with Gasteiger partial charge in [0.1, 0.15) is 0 Å². The highest BCUT2D eigenvalue weighted by Crippen LogP contribution is 2.40. The molecule has 4 aromatic heterocycles. The number of halogens is 7. The van der Waals surface area contributed by atoms with Crippen molar-refractivity contribution in [2.24, 2.45) is 0 Å². The molecule has 12 aromatic rings. The van der Waals surface area contributed by atoms with Crippen molar-refractivity contribution < 1.29 is 62.7 Å². The number of benzene rings is 8. The molecular formula is C73H63ClF6N4O8S4Si. The quantitative estimate of drug-likeness (QED) is 0.0569. The zero-order valence-electron chi connectivity index (χ0n) is 53.0. The number of thiol groups is 1. The van der Waals surface area contributed by atoms with Gasteiger partial charge in [-0.2, -0.15) is 26.3 Å². The van der Waals surface area contributed by atoms with Crippen LogP contribution in [0, 0.1) is 0 Å². The zero-order valence-corrected chi connectivity index (χ0v) is 58.1. The SMILES string of the molecule is CC(=O)c1ccc(S(=O)(=O)c2ccnc3ccccc23)cc1.CC(=O)c1ccc(S)cc1.CC(=O)c1ccc(Sc2ccnc3ccccc23)cc1.CC(O)(c1ccc(S(=O)(=O)c2ccnc3ccccc23)cc1)C(F)(F)F.C[Si](C)(C)C(F)(F)F.Clc1ccnc2ccccc12. The third-order valence-electron chi connectivity index (χ3n) is 14.5. The molecule has 0 aliphatic heterocycles. The number of rotatable bonds is 10. The summed E-state index contributed by atoms with van der Waals surface area (Å²) in [5.41, 5.74) is 1.51. The summed E-state index contributed by atoms with van der Waals surface area (Å²) in [6.07, 6.45) is 1.51. The van der Waals surface area contributed by atoms with Crippen molar-refractivity contribution in [1.82, 2.24) is 19.9 Å². The highest BCUT2D eigenvalue weighted by molar-refractivity contribution is 7.99. The van der Waals surface area contributed by atoms with Crippen LogP contribution in [0.2, 0.25) is 24.7 Å². The van der Waals surface area contributed by atoms with Crippen LogP contribution in [-0.2, 0) is 25.3 Å². The summed E-state index contributed by atoms with van der Waals surface area (Å²) >= 11 is 11.7. The number of aromatic nitrogens is 4. The first kappa shape index (κ1) is 75.4. The lowest BCUT2D eigenvalue weighted by molar-refractivity contribution is -0.258. The summed E-state index contributed by atoms with van der Waals surface area (Å²) in [5, 5.41) is 13.6. The van der Waals surface area contributed by atoms with Gasteiger partial charge in [-0.1, -0.05) is 164 Å². The third-order valence-corrected chi connectivity index (χ3v) is 21.5. The summed E-state index contributed by atoms with van der Waals surface area (Å²) in [5.74, 6) is -3.84. The van der Waals surface area contributed by atoms with E-state index in [9.17, 15) is 62.7 Å². The molecule has 0 aliphatic rings. The van der Waals surface area contributed by atoms with E-state index in [2.05, 4.69) is 38.6 Å². The van der Waals surface area contributed by atoms with Crippen molar-refractivity contribution in [3.8, 4) is 0 Å². The van der Waals surface area contributed by atoms with Gasteiger partial charge in [0.05, 0.1) is 46.7 Å². The molecule has 0 saturated heterocycles. The molecule has 1 unspecified atom stereocenters.